The Morgan fingerprint density at radius 2 is 2.33 bits per heavy atom. The van der Waals surface area contributed by atoms with E-state index in [4.69, 9.17) is 17.3 Å². The smallest absolute Gasteiger partial charge is 0.128 e. The first-order valence-corrected chi connectivity index (χ1v) is 6.96. The van der Waals surface area contributed by atoms with E-state index in [2.05, 4.69) is 11.8 Å². The van der Waals surface area contributed by atoms with Crippen LogP contribution in [0.3, 0.4) is 0 Å². The summed E-state index contributed by atoms with van der Waals surface area (Å²) in [4.78, 5) is 2.33. The van der Waals surface area contributed by atoms with E-state index in [1.165, 1.54) is 12.5 Å². The first-order chi connectivity index (χ1) is 8.67. The van der Waals surface area contributed by atoms with Crippen molar-refractivity contribution in [2.75, 3.05) is 13.1 Å². The van der Waals surface area contributed by atoms with Gasteiger partial charge in [-0.25, -0.2) is 4.39 Å². The van der Waals surface area contributed by atoms with Crippen molar-refractivity contribution in [2.45, 2.75) is 38.3 Å². The Morgan fingerprint density at radius 1 is 1.56 bits per heavy atom. The lowest BCUT2D eigenvalue weighted by Crippen LogP contribution is -2.37. The average molecular weight is 271 g/mol. The van der Waals surface area contributed by atoms with E-state index in [1.54, 1.807) is 12.1 Å². The molecule has 2 nitrogen and oxygen atoms in total. The topological polar surface area (TPSA) is 29.3 Å². The first-order valence-electron chi connectivity index (χ1n) is 6.58. The van der Waals surface area contributed by atoms with Crippen LogP contribution in [0.1, 0.15) is 37.8 Å². The Kier molecular flexibility index (Phi) is 4.60. The number of nitrogens with zero attached hydrogens (tertiary/aromatic N) is 1. The SMILES string of the molecule is CCC1CCCN1C(CN)c1cc(Cl)ccc1F. The Bertz CT molecular complexity index is 411. The second-order valence-electron chi connectivity index (χ2n) is 4.86. The molecule has 0 spiro atoms. The van der Waals surface area contributed by atoms with E-state index in [0.29, 0.717) is 23.2 Å². The monoisotopic (exact) mass is 270 g/mol. The van der Waals surface area contributed by atoms with Gasteiger partial charge in [0.15, 0.2) is 0 Å². The van der Waals surface area contributed by atoms with Crippen LogP contribution in [-0.2, 0) is 0 Å². The van der Waals surface area contributed by atoms with E-state index in [0.717, 1.165) is 19.4 Å². The van der Waals surface area contributed by atoms with Crippen molar-refractivity contribution in [3.8, 4) is 0 Å². The van der Waals surface area contributed by atoms with Gasteiger partial charge in [-0.1, -0.05) is 18.5 Å². The first kappa shape index (κ1) is 13.8. The molecule has 2 atom stereocenters. The molecule has 1 aromatic carbocycles. The van der Waals surface area contributed by atoms with Crippen molar-refractivity contribution in [1.82, 2.24) is 4.90 Å². The molecule has 2 N–H and O–H groups in total. The lowest BCUT2D eigenvalue weighted by atomic mass is 10.0. The van der Waals surface area contributed by atoms with Gasteiger partial charge in [0.2, 0.25) is 0 Å². The summed E-state index contributed by atoms with van der Waals surface area (Å²) in [6.07, 6.45) is 3.42. The molecule has 4 heteroatoms. The van der Waals surface area contributed by atoms with Gasteiger partial charge in [-0.3, -0.25) is 4.90 Å². The maximum absolute atomic E-state index is 14.0. The third kappa shape index (κ3) is 2.68. The van der Waals surface area contributed by atoms with Crippen molar-refractivity contribution in [3.05, 3.63) is 34.6 Å². The average Bonchev–Trinajstić information content (AvgIpc) is 2.83. The predicted molar refractivity (Wildman–Crippen MR) is 73.2 cm³/mol. The highest BCUT2D eigenvalue weighted by molar-refractivity contribution is 6.30. The summed E-state index contributed by atoms with van der Waals surface area (Å²) in [5, 5.41) is 0.567. The van der Waals surface area contributed by atoms with Gasteiger partial charge >= 0.3 is 0 Å². The van der Waals surface area contributed by atoms with Crippen LogP contribution in [0.4, 0.5) is 4.39 Å². The summed E-state index contributed by atoms with van der Waals surface area (Å²) < 4.78 is 14.0. The molecule has 0 radical (unpaired) electrons. The van der Waals surface area contributed by atoms with Gasteiger partial charge in [0.05, 0.1) is 6.04 Å². The van der Waals surface area contributed by atoms with Gasteiger partial charge in [0.25, 0.3) is 0 Å². The minimum absolute atomic E-state index is 0.0591. The minimum Gasteiger partial charge on any atom is -0.329 e. The van der Waals surface area contributed by atoms with Crippen LogP contribution < -0.4 is 5.73 Å². The molecule has 2 rings (SSSR count). The van der Waals surface area contributed by atoms with Gasteiger partial charge in [0, 0.05) is 23.2 Å². The summed E-state index contributed by atoms with van der Waals surface area (Å²) in [5.74, 6) is -0.211. The third-order valence-corrected chi connectivity index (χ3v) is 4.07. The molecule has 1 aliphatic rings. The Labute approximate surface area is 113 Å². The van der Waals surface area contributed by atoms with E-state index < -0.39 is 0 Å². The highest BCUT2D eigenvalue weighted by atomic mass is 35.5. The number of nitrogens with two attached hydrogens (primary N) is 1. The van der Waals surface area contributed by atoms with Crippen LogP contribution in [0.5, 0.6) is 0 Å². The molecular weight excluding hydrogens is 251 g/mol. The van der Waals surface area contributed by atoms with Crippen LogP contribution in [0.2, 0.25) is 5.02 Å². The van der Waals surface area contributed by atoms with Gasteiger partial charge in [0.1, 0.15) is 5.82 Å². The van der Waals surface area contributed by atoms with Crippen LogP contribution >= 0.6 is 11.6 Å². The van der Waals surface area contributed by atoms with E-state index in [1.807, 2.05) is 0 Å². The fourth-order valence-electron chi connectivity index (χ4n) is 2.92. The fourth-order valence-corrected chi connectivity index (χ4v) is 3.10. The van der Waals surface area contributed by atoms with Gasteiger partial charge in [-0.15, -0.1) is 0 Å². The summed E-state index contributed by atoms with van der Waals surface area (Å²) in [6, 6.07) is 5.17. The summed E-state index contributed by atoms with van der Waals surface area (Å²) >= 11 is 5.97. The Balaban J connectivity index is 2.30. The van der Waals surface area contributed by atoms with E-state index >= 15 is 0 Å². The zero-order valence-electron chi connectivity index (χ0n) is 10.7. The highest BCUT2D eigenvalue weighted by Gasteiger charge is 2.31. The van der Waals surface area contributed by atoms with Crippen molar-refractivity contribution < 1.29 is 4.39 Å². The molecular formula is C14H20ClFN2. The molecule has 18 heavy (non-hydrogen) atoms. The Morgan fingerprint density at radius 3 is 3.00 bits per heavy atom. The molecule has 0 bridgehead atoms. The lowest BCUT2D eigenvalue weighted by molar-refractivity contribution is 0.177. The fraction of sp³-hybridized carbons (Fsp3) is 0.571. The standard InChI is InChI=1S/C14H20ClFN2/c1-2-11-4-3-7-18(11)14(9-17)12-8-10(15)5-6-13(12)16/h5-6,8,11,14H,2-4,7,9,17H2,1H3. The van der Waals surface area contributed by atoms with Gasteiger partial charge in [-0.2, -0.15) is 0 Å². The molecule has 0 aliphatic carbocycles. The molecule has 0 saturated carbocycles. The molecule has 1 aliphatic heterocycles. The Hall–Kier alpha value is -0.640. The zero-order chi connectivity index (χ0) is 13.1. The second kappa shape index (κ2) is 6.00. The third-order valence-electron chi connectivity index (χ3n) is 3.83. The lowest BCUT2D eigenvalue weighted by Gasteiger charge is -2.32. The van der Waals surface area contributed by atoms with Gasteiger partial charge in [-0.05, 0) is 44.0 Å². The highest BCUT2D eigenvalue weighted by Crippen LogP contribution is 2.32. The maximum atomic E-state index is 14.0. The number of rotatable bonds is 4. The molecule has 2 unspecified atom stereocenters. The summed E-state index contributed by atoms with van der Waals surface area (Å²) in [7, 11) is 0. The predicted octanol–water partition coefficient (Wildman–Crippen LogP) is 3.35. The molecule has 0 aromatic heterocycles. The number of hydrogen-bond acceptors (Lipinski definition) is 2. The molecule has 0 amide bonds. The van der Waals surface area contributed by atoms with Crippen LogP contribution in [-0.4, -0.2) is 24.0 Å². The van der Waals surface area contributed by atoms with Crippen LogP contribution in [0, 0.1) is 5.82 Å². The van der Waals surface area contributed by atoms with Gasteiger partial charge < -0.3 is 5.73 Å². The molecule has 1 saturated heterocycles. The molecule has 1 heterocycles. The van der Waals surface area contributed by atoms with Crippen LogP contribution in [0.25, 0.3) is 0 Å². The number of likely N-dealkylation sites (tertiary alicyclic amines) is 1. The molecule has 100 valence electrons. The van der Waals surface area contributed by atoms with Crippen LogP contribution in [0.15, 0.2) is 18.2 Å². The number of benzene rings is 1. The van der Waals surface area contributed by atoms with Crippen molar-refractivity contribution in [2.24, 2.45) is 5.73 Å². The largest absolute Gasteiger partial charge is 0.329 e. The van der Waals surface area contributed by atoms with Crippen molar-refractivity contribution in [1.29, 1.82) is 0 Å². The van der Waals surface area contributed by atoms with Crippen molar-refractivity contribution in [3.63, 3.8) is 0 Å². The molecule has 1 aromatic rings. The quantitative estimate of drug-likeness (QED) is 0.909. The van der Waals surface area contributed by atoms with Crippen molar-refractivity contribution >= 4 is 11.6 Å². The normalized spacial score (nSPS) is 22.3. The summed E-state index contributed by atoms with van der Waals surface area (Å²) in [6.45, 7) is 3.59. The minimum atomic E-state index is -0.211. The second-order valence-corrected chi connectivity index (χ2v) is 5.30. The van der Waals surface area contributed by atoms with E-state index in [-0.39, 0.29) is 11.9 Å². The molecule has 1 fully saturated rings. The summed E-state index contributed by atoms with van der Waals surface area (Å²) in [5.41, 5.74) is 6.50. The maximum Gasteiger partial charge on any atom is 0.128 e. The number of halogens is 2. The van der Waals surface area contributed by atoms with E-state index in [9.17, 15) is 4.39 Å². The zero-order valence-corrected chi connectivity index (χ0v) is 11.5. The number of hydrogen-bond donors (Lipinski definition) is 1.